The molecule has 170 valence electrons. The van der Waals surface area contributed by atoms with Crippen molar-refractivity contribution in [2.75, 3.05) is 0 Å². The molecule has 0 aromatic rings. The fourth-order valence-corrected chi connectivity index (χ4v) is 6.88. The first-order valence-electron chi connectivity index (χ1n) is 12.1. The van der Waals surface area contributed by atoms with Crippen LogP contribution in [0.4, 0.5) is 4.39 Å². The Balaban J connectivity index is 1.85. The summed E-state index contributed by atoms with van der Waals surface area (Å²) in [4.78, 5) is 12.5. The summed E-state index contributed by atoms with van der Waals surface area (Å²) >= 11 is 0. The maximum absolute atomic E-state index is 15.5. The number of hydrogen-bond acceptors (Lipinski definition) is 2. The van der Waals surface area contributed by atoms with Crippen LogP contribution in [-0.4, -0.2) is 16.6 Å². The molecule has 4 aliphatic carbocycles. The highest BCUT2D eigenvalue weighted by Crippen LogP contribution is 2.68. The van der Waals surface area contributed by atoms with E-state index in [1.165, 1.54) is 5.57 Å². The Bertz CT molecular complexity index is 933. The Labute approximate surface area is 187 Å². The summed E-state index contributed by atoms with van der Waals surface area (Å²) in [7, 11) is 0. The zero-order chi connectivity index (χ0) is 22.8. The topological polar surface area (TPSA) is 37.3 Å². The van der Waals surface area contributed by atoms with Gasteiger partial charge in [0.05, 0.1) is 0 Å². The molecule has 0 saturated heterocycles. The zero-order valence-electron chi connectivity index (χ0n) is 20.2. The van der Waals surface area contributed by atoms with Crippen molar-refractivity contribution in [3.63, 3.8) is 0 Å². The van der Waals surface area contributed by atoms with Crippen LogP contribution in [-0.2, 0) is 4.79 Å². The molecule has 0 heterocycles. The summed E-state index contributed by atoms with van der Waals surface area (Å²) in [6, 6.07) is 0. The minimum atomic E-state index is -1.13. The lowest BCUT2D eigenvalue weighted by Crippen LogP contribution is -2.51. The van der Waals surface area contributed by atoms with Crippen molar-refractivity contribution in [2.24, 2.45) is 22.2 Å². The van der Waals surface area contributed by atoms with Gasteiger partial charge in [-0.1, -0.05) is 51.8 Å². The number of allylic oxidation sites excluding steroid dienone is 7. The van der Waals surface area contributed by atoms with E-state index in [4.69, 9.17) is 0 Å². The van der Waals surface area contributed by atoms with Crippen LogP contribution < -0.4 is 0 Å². The quantitative estimate of drug-likeness (QED) is 0.430. The van der Waals surface area contributed by atoms with E-state index in [0.29, 0.717) is 24.3 Å². The van der Waals surface area contributed by atoms with Crippen LogP contribution in [0.2, 0.25) is 0 Å². The number of fused-ring (bicyclic) bond motifs is 5. The third kappa shape index (κ3) is 3.38. The Kier molecular flexibility index (Phi) is 5.23. The summed E-state index contributed by atoms with van der Waals surface area (Å²) in [6.45, 7) is 13.0. The molecule has 31 heavy (non-hydrogen) atoms. The van der Waals surface area contributed by atoms with Crippen LogP contribution in [0.1, 0.15) is 92.9 Å². The number of aliphatic hydroxyl groups excluding tert-OH is 1. The molecule has 4 rings (SSSR count). The second-order valence-corrected chi connectivity index (χ2v) is 11.9. The summed E-state index contributed by atoms with van der Waals surface area (Å²) in [6.07, 6.45) is 13.4. The first kappa shape index (κ1) is 22.6. The highest BCUT2D eigenvalue weighted by molar-refractivity contribution is 6.06. The lowest BCUT2D eigenvalue weighted by atomic mass is 9.43. The Morgan fingerprint density at radius 2 is 1.65 bits per heavy atom. The van der Waals surface area contributed by atoms with E-state index >= 15 is 4.39 Å². The van der Waals surface area contributed by atoms with Gasteiger partial charge in [-0.3, -0.25) is 4.79 Å². The maximum Gasteiger partial charge on any atom is 0.220 e. The molecule has 2 nitrogen and oxygen atoms in total. The number of halogens is 1. The molecule has 4 aliphatic rings. The lowest BCUT2D eigenvalue weighted by Gasteiger charge is -2.61. The predicted octanol–water partition coefficient (Wildman–Crippen LogP) is 7.73. The normalized spacial score (nSPS) is 43.8. The van der Waals surface area contributed by atoms with E-state index in [1.54, 1.807) is 13.0 Å². The minimum Gasteiger partial charge on any atom is -0.504 e. The van der Waals surface area contributed by atoms with Crippen LogP contribution in [0.5, 0.6) is 0 Å². The van der Waals surface area contributed by atoms with Gasteiger partial charge in [0.1, 0.15) is 5.67 Å². The smallest absolute Gasteiger partial charge is 0.220 e. The van der Waals surface area contributed by atoms with E-state index < -0.39 is 5.67 Å². The summed E-state index contributed by atoms with van der Waals surface area (Å²) < 4.78 is 15.5. The fourth-order valence-electron chi connectivity index (χ4n) is 6.88. The van der Waals surface area contributed by atoms with Crippen molar-refractivity contribution >= 4 is 5.78 Å². The summed E-state index contributed by atoms with van der Waals surface area (Å²) in [5.41, 5.74) is 2.65. The SMILES string of the molecule is CC1=C(O)C(=O)C=C2C1=CC=C1C2(C)CC[C@@]2(C)CCC(C)CCC(C)(F)CCC12C. The largest absolute Gasteiger partial charge is 0.504 e. The Morgan fingerprint density at radius 1 is 0.968 bits per heavy atom. The molecule has 0 aromatic carbocycles. The number of aliphatic hydroxyl groups is 1. The second kappa shape index (κ2) is 7.18. The lowest BCUT2D eigenvalue weighted by molar-refractivity contribution is -0.113. The highest BCUT2D eigenvalue weighted by Gasteiger charge is 2.58. The molecule has 0 aliphatic heterocycles. The van der Waals surface area contributed by atoms with Crippen molar-refractivity contribution < 1.29 is 14.3 Å². The van der Waals surface area contributed by atoms with E-state index in [2.05, 4.69) is 39.8 Å². The first-order chi connectivity index (χ1) is 14.3. The number of hydrogen-bond donors (Lipinski definition) is 1. The predicted molar refractivity (Wildman–Crippen MR) is 125 cm³/mol. The van der Waals surface area contributed by atoms with Crippen LogP contribution in [0, 0.1) is 22.2 Å². The maximum atomic E-state index is 15.5. The number of carbonyl (C=O) groups is 1. The molecule has 0 radical (unpaired) electrons. The van der Waals surface area contributed by atoms with Crippen molar-refractivity contribution in [2.45, 2.75) is 98.6 Å². The molecule has 5 atom stereocenters. The van der Waals surface area contributed by atoms with Gasteiger partial charge in [-0.15, -0.1) is 0 Å². The van der Waals surface area contributed by atoms with Gasteiger partial charge in [0, 0.05) is 11.0 Å². The molecular weight excluding hydrogens is 387 g/mol. The van der Waals surface area contributed by atoms with Crippen LogP contribution in [0.15, 0.2) is 46.3 Å². The van der Waals surface area contributed by atoms with Crippen molar-refractivity contribution in [3.8, 4) is 0 Å². The fraction of sp³-hybridized carbons (Fsp3) is 0.679. The van der Waals surface area contributed by atoms with Crippen molar-refractivity contribution in [3.05, 3.63) is 46.3 Å². The summed E-state index contributed by atoms with van der Waals surface area (Å²) in [5, 5.41) is 10.2. The number of rotatable bonds is 0. The molecule has 1 N–H and O–H groups in total. The molecule has 0 aromatic heterocycles. The average molecular weight is 427 g/mol. The first-order valence-corrected chi connectivity index (χ1v) is 12.1. The van der Waals surface area contributed by atoms with Gasteiger partial charge in [0.2, 0.25) is 5.78 Å². The van der Waals surface area contributed by atoms with E-state index in [1.807, 2.05) is 6.92 Å². The molecule has 0 bridgehead atoms. The van der Waals surface area contributed by atoms with E-state index in [0.717, 1.165) is 49.7 Å². The molecular formula is C28H39FO2. The van der Waals surface area contributed by atoms with Crippen molar-refractivity contribution in [1.29, 1.82) is 0 Å². The van der Waals surface area contributed by atoms with Crippen LogP contribution >= 0.6 is 0 Å². The van der Waals surface area contributed by atoms with Gasteiger partial charge in [0.25, 0.3) is 0 Å². The zero-order valence-corrected chi connectivity index (χ0v) is 20.2. The third-order valence-corrected chi connectivity index (χ3v) is 9.76. The molecule has 2 fully saturated rings. The molecule has 2 saturated carbocycles. The van der Waals surface area contributed by atoms with E-state index in [-0.39, 0.29) is 27.8 Å². The van der Waals surface area contributed by atoms with Gasteiger partial charge in [-0.05, 0) is 92.8 Å². The van der Waals surface area contributed by atoms with E-state index in [9.17, 15) is 9.90 Å². The molecule has 3 heteroatoms. The van der Waals surface area contributed by atoms with Crippen molar-refractivity contribution in [1.82, 2.24) is 0 Å². The van der Waals surface area contributed by atoms with Crippen LogP contribution in [0.25, 0.3) is 0 Å². The molecule has 0 amide bonds. The highest BCUT2D eigenvalue weighted by atomic mass is 19.1. The molecule has 4 unspecified atom stereocenters. The average Bonchev–Trinajstić information content (AvgIpc) is 2.71. The monoisotopic (exact) mass is 426 g/mol. The minimum absolute atomic E-state index is 0.109. The van der Waals surface area contributed by atoms with Gasteiger partial charge in [-0.25, -0.2) is 4.39 Å². The summed E-state index contributed by atoms with van der Waals surface area (Å²) in [5.74, 6) is 0.119. The Hall–Kier alpha value is -1.64. The van der Waals surface area contributed by atoms with Gasteiger partial charge < -0.3 is 5.11 Å². The number of carbonyl (C=O) groups excluding carboxylic acids is 1. The Morgan fingerprint density at radius 3 is 2.35 bits per heavy atom. The number of alkyl halides is 1. The van der Waals surface area contributed by atoms with Crippen LogP contribution in [0.3, 0.4) is 0 Å². The third-order valence-electron chi connectivity index (χ3n) is 9.76. The number of ketones is 1. The standard InChI is InChI=1S/C28H39FO2/c1-18-9-11-25(3)13-15-27(5)21-17-22(30)24(31)19(2)20(21)7-8-23(27)28(25,6)16-14-26(4,29)12-10-18/h7-8,17-18,31H,9-16H2,1-6H3/t18?,25-,26?,27?,28?/m1/s1. The van der Waals surface area contributed by atoms with Gasteiger partial charge >= 0.3 is 0 Å². The van der Waals surface area contributed by atoms with Gasteiger partial charge in [0.15, 0.2) is 5.76 Å². The second-order valence-electron chi connectivity index (χ2n) is 11.9. The van der Waals surface area contributed by atoms with Gasteiger partial charge in [-0.2, -0.15) is 0 Å². The molecule has 0 spiro atoms.